The normalized spacial score (nSPS) is 13.8. The number of nitrogens with zero attached hydrogens (tertiary/aromatic N) is 1. The molecule has 77 heavy (non-hydrogen) atoms. The number of unbranched alkanes of at least 4 members (excludes halogenated alkanes) is 41. The Morgan fingerprint density at radius 1 is 0.442 bits per heavy atom. The molecule has 0 aromatic heterocycles. The van der Waals surface area contributed by atoms with Crippen LogP contribution in [0.3, 0.4) is 0 Å². The van der Waals surface area contributed by atoms with Crippen molar-refractivity contribution in [3.05, 3.63) is 36.5 Å². The molecule has 0 aromatic carbocycles. The second-order valence-corrected chi connectivity index (χ2v) is 25.4. The van der Waals surface area contributed by atoms with E-state index in [0.29, 0.717) is 17.4 Å². The number of hydrogen-bond acceptors (Lipinski definition) is 6. The number of ether oxygens (including phenoxy) is 1. The van der Waals surface area contributed by atoms with E-state index in [1.807, 2.05) is 33.3 Å². The Bertz CT molecular complexity index is 1410. The molecule has 0 aromatic rings. The highest BCUT2D eigenvalue weighted by molar-refractivity contribution is 7.47. The molecule has 0 aliphatic heterocycles. The molecule has 1 amide bonds. The highest BCUT2D eigenvalue weighted by atomic mass is 31.2. The molecule has 0 spiro atoms. The SMILES string of the molecule is CCCCCC/C=C\CCCCCCCCCC(=O)OC(/C=C\CCCCCCCCCCC)C(COP(=O)(O)OCC[N+](C)(C)C)NC(=O)CCCCCCCCCCCCCCCCC/C=C/CCCCCCCC. The van der Waals surface area contributed by atoms with Crippen LogP contribution < -0.4 is 5.32 Å². The van der Waals surface area contributed by atoms with Gasteiger partial charge in [0.15, 0.2) is 0 Å². The monoisotopic (exact) mass is 1110 g/mol. The van der Waals surface area contributed by atoms with Crippen molar-refractivity contribution in [2.45, 2.75) is 341 Å². The van der Waals surface area contributed by atoms with Gasteiger partial charge in [-0.15, -0.1) is 0 Å². The largest absolute Gasteiger partial charge is 0.472 e. The van der Waals surface area contributed by atoms with Crippen LogP contribution in [0.5, 0.6) is 0 Å². The lowest BCUT2D eigenvalue weighted by atomic mass is 10.0. The third-order valence-electron chi connectivity index (χ3n) is 15.1. The Morgan fingerprint density at radius 3 is 1.12 bits per heavy atom. The molecule has 454 valence electrons. The molecule has 10 heteroatoms. The minimum absolute atomic E-state index is 0.0418. The van der Waals surface area contributed by atoms with E-state index in [1.54, 1.807) is 0 Å². The van der Waals surface area contributed by atoms with Gasteiger partial charge in [0.25, 0.3) is 0 Å². The van der Waals surface area contributed by atoms with E-state index < -0.39 is 20.0 Å². The predicted octanol–water partition coefficient (Wildman–Crippen LogP) is 20.7. The molecular formula is C67H130N2O7P+. The third-order valence-corrected chi connectivity index (χ3v) is 16.0. The van der Waals surface area contributed by atoms with Crippen molar-refractivity contribution in [2.24, 2.45) is 0 Å². The Morgan fingerprint density at radius 2 is 0.753 bits per heavy atom. The van der Waals surface area contributed by atoms with Gasteiger partial charge in [0.05, 0.1) is 33.8 Å². The van der Waals surface area contributed by atoms with Crippen molar-refractivity contribution in [2.75, 3.05) is 40.9 Å². The van der Waals surface area contributed by atoms with Gasteiger partial charge in [-0.2, -0.15) is 0 Å². The smallest absolute Gasteiger partial charge is 0.456 e. The molecule has 0 aliphatic rings. The molecule has 3 atom stereocenters. The number of quaternary nitrogens is 1. The number of hydrogen-bond donors (Lipinski definition) is 2. The van der Waals surface area contributed by atoms with E-state index in [0.717, 1.165) is 57.8 Å². The molecule has 0 fully saturated rings. The lowest BCUT2D eigenvalue weighted by Crippen LogP contribution is -2.47. The van der Waals surface area contributed by atoms with Gasteiger partial charge < -0.3 is 19.4 Å². The highest BCUT2D eigenvalue weighted by Gasteiger charge is 2.30. The van der Waals surface area contributed by atoms with Crippen molar-refractivity contribution in [1.82, 2.24) is 5.32 Å². The minimum atomic E-state index is -4.45. The zero-order valence-corrected chi connectivity index (χ0v) is 52.9. The molecule has 0 bridgehead atoms. The lowest BCUT2D eigenvalue weighted by molar-refractivity contribution is -0.870. The van der Waals surface area contributed by atoms with Crippen LogP contribution in [0.15, 0.2) is 36.5 Å². The van der Waals surface area contributed by atoms with Crippen molar-refractivity contribution in [3.63, 3.8) is 0 Å². The maximum Gasteiger partial charge on any atom is 0.472 e. The number of allylic oxidation sites excluding steroid dienone is 5. The topological polar surface area (TPSA) is 111 Å². The van der Waals surface area contributed by atoms with E-state index in [-0.39, 0.29) is 31.5 Å². The third kappa shape index (κ3) is 58.7. The van der Waals surface area contributed by atoms with Crippen LogP contribution in [0, 0.1) is 0 Å². The fourth-order valence-electron chi connectivity index (χ4n) is 9.87. The molecule has 2 N–H and O–H groups in total. The first-order chi connectivity index (χ1) is 37.4. The average molecular weight is 1110 g/mol. The van der Waals surface area contributed by atoms with Crippen LogP contribution in [0.2, 0.25) is 0 Å². The summed E-state index contributed by atoms with van der Waals surface area (Å²) in [6.07, 6.45) is 70.1. The summed E-state index contributed by atoms with van der Waals surface area (Å²) in [6.45, 7) is 7.03. The van der Waals surface area contributed by atoms with Crippen LogP contribution in [0.25, 0.3) is 0 Å². The van der Waals surface area contributed by atoms with Crippen molar-refractivity contribution in [3.8, 4) is 0 Å². The van der Waals surface area contributed by atoms with Crippen molar-refractivity contribution < 1.29 is 37.3 Å². The number of esters is 1. The number of amides is 1. The van der Waals surface area contributed by atoms with Crippen LogP contribution in [0.1, 0.15) is 329 Å². The summed E-state index contributed by atoms with van der Waals surface area (Å²) < 4.78 is 30.7. The van der Waals surface area contributed by atoms with Crippen LogP contribution >= 0.6 is 7.82 Å². The number of nitrogens with one attached hydrogen (secondary N) is 1. The van der Waals surface area contributed by atoms with E-state index in [9.17, 15) is 19.0 Å². The summed E-state index contributed by atoms with van der Waals surface area (Å²) in [5.41, 5.74) is 0. The summed E-state index contributed by atoms with van der Waals surface area (Å²) in [7, 11) is 1.51. The molecule has 0 aliphatic carbocycles. The number of phosphoric acid groups is 1. The van der Waals surface area contributed by atoms with Crippen molar-refractivity contribution >= 4 is 19.7 Å². The molecule has 9 nitrogen and oxygen atoms in total. The number of phosphoric ester groups is 1. The first-order valence-electron chi connectivity index (χ1n) is 33.3. The Hall–Kier alpha value is -1.77. The zero-order chi connectivity index (χ0) is 56.4. The van der Waals surface area contributed by atoms with Gasteiger partial charge in [0, 0.05) is 12.8 Å². The van der Waals surface area contributed by atoms with Gasteiger partial charge in [-0.1, -0.05) is 269 Å². The van der Waals surface area contributed by atoms with Crippen LogP contribution in [-0.4, -0.2) is 74.3 Å². The first kappa shape index (κ1) is 75.2. The Labute approximate surface area is 478 Å². The Kier molecular flexibility index (Phi) is 56.1. The van der Waals surface area contributed by atoms with Gasteiger partial charge in [-0.25, -0.2) is 4.57 Å². The highest BCUT2D eigenvalue weighted by Crippen LogP contribution is 2.43. The summed E-state index contributed by atoms with van der Waals surface area (Å²) in [6, 6.07) is -0.846. The number of likely N-dealkylation sites (N-methyl/N-ethyl adjacent to an activating group) is 1. The number of rotatable bonds is 61. The maximum atomic E-state index is 13.6. The summed E-state index contributed by atoms with van der Waals surface area (Å²) >= 11 is 0. The number of carbonyl (C=O) groups is 2. The van der Waals surface area contributed by atoms with Crippen LogP contribution in [0.4, 0.5) is 0 Å². The summed E-state index contributed by atoms with van der Waals surface area (Å²) in [5, 5.41) is 3.07. The van der Waals surface area contributed by atoms with Gasteiger partial charge in [0.2, 0.25) is 5.91 Å². The lowest BCUT2D eigenvalue weighted by Gasteiger charge is -2.27. The van der Waals surface area contributed by atoms with Crippen LogP contribution in [-0.2, 0) is 27.9 Å². The second kappa shape index (κ2) is 57.5. The quantitative estimate of drug-likeness (QED) is 0.0205. The van der Waals surface area contributed by atoms with E-state index >= 15 is 0 Å². The molecule has 0 radical (unpaired) electrons. The molecule has 0 saturated heterocycles. The van der Waals surface area contributed by atoms with E-state index in [4.69, 9.17) is 13.8 Å². The first-order valence-corrected chi connectivity index (χ1v) is 34.8. The summed E-state index contributed by atoms with van der Waals surface area (Å²) in [5.74, 6) is -0.497. The van der Waals surface area contributed by atoms with E-state index in [1.165, 1.54) is 238 Å². The predicted molar refractivity (Wildman–Crippen MR) is 332 cm³/mol. The average Bonchev–Trinajstić information content (AvgIpc) is 3.39. The molecular weight excluding hydrogens is 976 g/mol. The van der Waals surface area contributed by atoms with Gasteiger partial charge in [-0.3, -0.25) is 18.6 Å². The van der Waals surface area contributed by atoms with Crippen molar-refractivity contribution in [1.29, 1.82) is 0 Å². The fourth-order valence-corrected chi connectivity index (χ4v) is 10.6. The maximum absolute atomic E-state index is 13.6. The standard InChI is InChI=1S/C67H129N2O7P/c1-7-10-13-16-19-22-25-27-29-30-31-32-33-34-35-36-37-38-40-41-44-47-50-53-56-59-66(70)68-64(63-75-77(72,73)74-62-61-69(4,5)6)65(58-55-52-49-46-43-24-21-18-15-12-9-3)76-67(71)60-57-54-51-48-45-42-39-28-26-23-20-17-14-11-8-2/h23,26-27,29,55,58,64-65H,7-22,24-25,28,30-54,56-57,59-63H2,1-6H3,(H-,68,70,72,73)/p+1/b26-23-,29-27+,58-55-. The van der Waals surface area contributed by atoms with E-state index in [2.05, 4.69) is 50.4 Å². The molecule has 3 unspecified atom stereocenters. The molecule has 0 heterocycles. The zero-order valence-electron chi connectivity index (χ0n) is 52.0. The molecule has 0 saturated carbocycles. The fraction of sp³-hybridized carbons (Fsp3) is 0.881. The Balaban J connectivity index is 5.02. The van der Waals surface area contributed by atoms with Gasteiger partial charge >= 0.3 is 13.8 Å². The molecule has 0 rings (SSSR count). The second-order valence-electron chi connectivity index (χ2n) is 24.0. The number of carbonyl (C=O) groups excluding carboxylic acids is 2. The van der Waals surface area contributed by atoms with Gasteiger partial charge in [0.1, 0.15) is 19.3 Å². The van der Waals surface area contributed by atoms with Gasteiger partial charge in [-0.05, 0) is 83.1 Å². The minimum Gasteiger partial charge on any atom is -0.456 e. The summed E-state index contributed by atoms with van der Waals surface area (Å²) in [4.78, 5) is 37.7.